The molecular formula is C13H11NO2. The molecule has 0 spiro atoms. The van der Waals surface area contributed by atoms with Crippen molar-refractivity contribution in [3.8, 4) is 5.75 Å². The summed E-state index contributed by atoms with van der Waals surface area (Å²) in [6, 6.07) is 5.54. The van der Waals surface area contributed by atoms with Gasteiger partial charge in [-0.25, -0.2) is 0 Å². The van der Waals surface area contributed by atoms with E-state index in [1.165, 1.54) is 0 Å². The Morgan fingerprint density at radius 2 is 2.31 bits per heavy atom. The van der Waals surface area contributed by atoms with Crippen LogP contribution in [-0.2, 0) is 0 Å². The molecule has 16 heavy (non-hydrogen) atoms. The van der Waals surface area contributed by atoms with E-state index in [2.05, 4.69) is 6.08 Å². The third kappa shape index (κ3) is 1.18. The summed E-state index contributed by atoms with van der Waals surface area (Å²) in [6.45, 7) is 0. The molecule has 1 aromatic rings. The van der Waals surface area contributed by atoms with Crippen molar-refractivity contribution in [2.45, 2.75) is 12.3 Å². The second-order valence-corrected chi connectivity index (χ2v) is 3.98. The van der Waals surface area contributed by atoms with E-state index < -0.39 is 5.91 Å². The van der Waals surface area contributed by atoms with Gasteiger partial charge in [-0.1, -0.05) is 24.3 Å². The first kappa shape index (κ1) is 9.21. The average molecular weight is 213 g/mol. The maximum atomic E-state index is 11.3. The lowest BCUT2D eigenvalue weighted by atomic mass is 9.91. The minimum atomic E-state index is -0.441. The fourth-order valence-electron chi connectivity index (χ4n) is 2.25. The smallest absolute Gasteiger partial charge is 0.252 e. The molecule has 2 N–H and O–H groups in total. The lowest BCUT2D eigenvalue weighted by Crippen LogP contribution is -2.11. The first-order chi connectivity index (χ1) is 7.77. The molecule has 0 saturated carbocycles. The van der Waals surface area contributed by atoms with Gasteiger partial charge in [0.15, 0.2) is 0 Å². The summed E-state index contributed by atoms with van der Waals surface area (Å²) in [7, 11) is 0. The predicted octanol–water partition coefficient (Wildman–Crippen LogP) is 2.11. The van der Waals surface area contributed by atoms with Gasteiger partial charge in [0.25, 0.3) is 5.91 Å². The highest BCUT2D eigenvalue weighted by Crippen LogP contribution is 2.45. The predicted molar refractivity (Wildman–Crippen MR) is 60.2 cm³/mol. The Morgan fingerprint density at radius 1 is 1.44 bits per heavy atom. The van der Waals surface area contributed by atoms with Gasteiger partial charge in [-0.2, -0.15) is 0 Å². The van der Waals surface area contributed by atoms with Crippen molar-refractivity contribution in [3.63, 3.8) is 0 Å². The Bertz CT molecular complexity index is 529. The van der Waals surface area contributed by atoms with E-state index in [-0.39, 0.29) is 5.92 Å². The summed E-state index contributed by atoms with van der Waals surface area (Å²) < 4.78 is 5.71. The molecular weight excluding hydrogens is 202 g/mol. The number of carbonyl (C=O) groups is 1. The van der Waals surface area contributed by atoms with Crippen molar-refractivity contribution in [1.29, 1.82) is 0 Å². The number of hydrogen-bond acceptors (Lipinski definition) is 2. The van der Waals surface area contributed by atoms with Crippen LogP contribution < -0.4 is 10.5 Å². The number of hydrogen-bond donors (Lipinski definition) is 1. The summed E-state index contributed by atoms with van der Waals surface area (Å²) in [5, 5.41) is 0. The summed E-state index contributed by atoms with van der Waals surface area (Å²) in [4.78, 5) is 11.3. The zero-order chi connectivity index (χ0) is 11.1. The van der Waals surface area contributed by atoms with Crippen LogP contribution in [0.25, 0.3) is 0 Å². The van der Waals surface area contributed by atoms with Crippen LogP contribution in [0.2, 0.25) is 0 Å². The second-order valence-electron chi connectivity index (χ2n) is 3.98. The van der Waals surface area contributed by atoms with Gasteiger partial charge < -0.3 is 10.5 Å². The number of fused-ring (bicyclic) bond motifs is 3. The average Bonchev–Trinajstić information content (AvgIpc) is 2.67. The lowest BCUT2D eigenvalue weighted by molar-refractivity contribution is 0.0998. The van der Waals surface area contributed by atoms with Crippen LogP contribution in [0.5, 0.6) is 5.75 Å². The monoisotopic (exact) mass is 213 g/mol. The summed E-state index contributed by atoms with van der Waals surface area (Å²) in [5.74, 6) is 1.35. The van der Waals surface area contributed by atoms with Crippen molar-refractivity contribution >= 4 is 5.91 Å². The Balaban J connectivity index is 2.16. The lowest BCUT2D eigenvalue weighted by Gasteiger charge is -2.10. The minimum Gasteiger partial charge on any atom is -0.460 e. The van der Waals surface area contributed by atoms with E-state index in [1.54, 1.807) is 6.07 Å². The van der Waals surface area contributed by atoms with E-state index in [1.807, 2.05) is 24.3 Å². The third-order valence-corrected chi connectivity index (χ3v) is 3.02. The maximum absolute atomic E-state index is 11.3. The minimum absolute atomic E-state index is 0.249. The van der Waals surface area contributed by atoms with E-state index in [0.29, 0.717) is 11.3 Å². The number of nitrogens with two attached hydrogens (primary N) is 1. The molecule has 0 bridgehead atoms. The molecule has 1 heterocycles. The molecule has 1 unspecified atom stereocenters. The van der Waals surface area contributed by atoms with Gasteiger partial charge in [-0.3, -0.25) is 4.79 Å². The van der Waals surface area contributed by atoms with Gasteiger partial charge in [0.05, 0.1) is 5.56 Å². The van der Waals surface area contributed by atoms with E-state index in [0.717, 1.165) is 17.7 Å². The molecule has 1 aliphatic heterocycles. The van der Waals surface area contributed by atoms with Crippen molar-refractivity contribution in [2.24, 2.45) is 5.73 Å². The molecule has 3 heteroatoms. The Hall–Kier alpha value is -2.03. The standard InChI is InChI=1S/C13H11NO2/c14-13(15)10-6-3-5-9-8-4-1-2-7-11(8)16-12(9)10/h1-3,5-8H,4H2,(H2,14,15). The van der Waals surface area contributed by atoms with Crippen molar-refractivity contribution < 1.29 is 9.53 Å². The van der Waals surface area contributed by atoms with Gasteiger partial charge in [-0.15, -0.1) is 0 Å². The first-order valence-corrected chi connectivity index (χ1v) is 5.24. The largest absolute Gasteiger partial charge is 0.460 e. The van der Waals surface area contributed by atoms with Gasteiger partial charge in [-0.05, 0) is 18.6 Å². The van der Waals surface area contributed by atoms with Gasteiger partial charge >= 0.3 is 0 Å². The van der Waals surface area contributed by atoms with Crippen LogP contribution in [0, 0.1) is 0 Å². The SMILES string of the molecule is NC(=O)c1cccc2c1OC1=CC=CCC12. The molecule has 3 nitrogen and oxygen atoms in total. The van der Waals surface area contributed by atoms with Gasteiger partial charge in [0.2, 0.25) is 0 Å². The zero-order valence-electron chi connectivity index (χ0n) is 8.64. The highest BCUT2D eigenvalue weighted by Gasteiger charge is 2.32. The van der Waals surface area contributed by atoms with E-state index >= 15 is 0 Å². The summed E-state index contributed by atoms with van der Waals surface area (Å²) >= 11 is 0. The summed E-state index contributed by atoms with van der Waals surface area (Å²) in [6.07, 6.45) is 6.94. The zero-order valence-corrected chi connectivity index (χ0v) is 8.64. The molecule has 1 amide bonds. The number of primary amides is 1. The Kier molecular flexibility index (Phi) is 1.86. The normalized spacial score (nSPS) is 20.8. The number of benzene rings is 1. The molecule has 1 atom stereocenters. The molecule has 3 rings (SSSR count). The number of rotatable bonds is 1. The van der Waals surface area contributed by atoms with Crippen LogP contribution in [0.4, 0.5) is 0 Å². The molecule has 0 radical (unpaired) electrons. The van der Waals surface area contributed by atoms with Gasteiger partial charge in [0.1, 0.15) is 11.5 Å². The van der Waals surface area contributed by atoms with Crippen molar-refractivity contribution in [3.05, 3.63) is 53.3 Å². The number of ether oxygens (including phenoxy) is 1. The number of para-hydroxylation sites is 1. The second kappa shape index (κ2) is 3.23. The van der Waals surface area contributed by atoms with Crippen LogP contribution in [0.1, 0.15) is 28.3 Å². The molecule has 0 saturated heterocycles. The van der Waals surface area contributed by atoms with E-state index in [9.17, 15) is 4.79 Å². The molecule has 1 aromatic carbocycles. The maximum Gasteiger partial charge on any atom is 0.252 e. The Labute approximate surface area is 93.2 Å². The number of carbonyl (C=O) groups excluding carboxylic acids is 1. The van der Waals surface area contributed by atoms with Crippen molar-refractivity contribution in [1.82, 2.24) is 0 Å². The first-order valence-electron chi connectivity index (χ1n) is 5.24. The van der Waals surface area contributed by atoms with Crippen LogP contribution in [0.15, 0.2) is 42.2 Å². The molecule has 0 aromatic heterocycles. The Morgan fingerprint density at radius 3 is 3.12 bits per heavy atom. The van der Waals surface area contributed by atoms with E-state index in [4.69, 9.17) is 10.5 Å². The quantitative estimate of drug-likeness (QED) is 0.776. The summed E-state index contributed by atoms with van der Waals surface area (Å²) in [5.41, 5.74) is 6.85. The van der Waals surface area contributed by atoms with Crippen molar-refractivity contribution in [2.75, 3.05) is 0 Å². The highest BCUT2D eigenvalue weighted by molar-refractivity contribution is 5.96. The number of allylic oxidation sites excluding steroid dienone is 4. The topological polar surface area (TPSA) is 52.3 Å². The molecule has 1 aliphatic carbocycles. The molecule has 80 valence electrons. The van der Waals surface area contributed by atoms with Crippen LogP contribution >= 0.6 is 0 Å². The third-order valence-electron chi connectivity index (χ3n) is 3.02. The van der Waals surface area contributed by atoms with Crippen LogP contribution in [-0.4, -0.2) is 5.91 Å². The van der Waals surface area contributed by atoms with Crippen LogP contribution in [0.3, 0.4) is 0 Å². The fraction of sp³-hybridized carbons (Fsp3) is 0.154. The molecule has 2 aliphatic rings. The number of amides is 1. The highest BCUT2D eigenvalue weighted by atomic mass is 16.5. The fourth-order valence-corrected chi connectivity index (χ4v) is 2.25. The van der Waals surface area contributed by atoms with Gasteiger partial charge in [0, 0.05) is 11.5 Å². The molecule has 0 fully saturated rings.